The predicted molar refractivity (Wildman–Crippen MR) is 71.9 cm³/mol. The molecule has 0 bridgehead atoms. The summed E-state index contributed by atoms with van der Waals surface area (Å²) in [5, 5.41) is 18.3. The molecule has 0 saturated carbocycles. The minimum absolute atomic E-state index is 0.0388. The van der Waals surface area contributed by atoms with Crippen LogP contribution in [0.1, 0.15) is 29.9 Å². The molecule has 0 radical (unpaired) electrons. The summed E-state index contributed by atoms with van der Waals surface area (Å²) in [5.74, 6) is -0.897. The lowest BCUT2D eigenvalue weighted by Gasteiger charge is -2.13. The van der Waals surface area contributed by atoms with Crippen molar-refractivity contribution < 1.29 is 23.4 Å². The quantitative estimate of drug-likeness (QED) is 0.700. The highest BCUT2D eigenvalue weighted by molar-refractivity contribution is 7.91. The molecule has 19 heavy (non-hydrogen) atoms. The van der Waals surface area contributed by atoms with Crippen LogP contribution in [0.4, 0.5) is 0 Å². The van der Waals surface area contributed by atoms with Gasteiger partial charge < -0.3 is 10.2 Å². The molecule has 108 valence electrons. The Balaban J connectivity index is 2.67. The first-order valence-corrected chi connectivity index (χ1v) is 8.03. The third-order valence-electron chi connectivity index (χ3n) is 2.31. The van der Waals surface area contributed by atoms with Gasteiger partial charge in [-0.25, -0.2) is 17.9 Å². The van der Waals surface area contributed by atoms with Crippen LogP contribution in [-0.4, -0.2) is 37.2 Å². The van der Waals surface area contributed by atoms with E-state index in [-0.39, 0.29) is 21.5 Å². The van der Waals surface area contributed by atoms with Gasteiger partial charge in [-0.2, -0.15) is 0 Å². The Kier molecular flexibility index (Phi) is 5.48. The minimum atomic E-state index is -3.76. The predicted octanol–water partition coefficient (Wildman–Crippen LogP) is 1.13. The largest absolute Gasteiger partial charge is 0.477 e. The highest BCUT2D eigenvalue weighted by Gasteiger charge is 2.20. The van der Waals surface area contributed by atoms with Crippen LogP contribution in [0, 0.1) is 5.92 Å². The average molecular weight is 307 g/mol. The molecule has 1 aromatic rings. The SMILES string of the molecule is CC(C)CC(O)CNS(=O)(=O)c1ccc(C(=O)O)s1. The molecule has 0 fully saturated rings. The molecule has 1 aromatic heterocycles. The number of aromatic carboxylic acids is 1. The molecule has 0 aliphatic carbocycles. The standard InChI is InChI=1S/C11H17NO5S2/c1-7(2)5-8(13)6-12-19(16,17)10-4-3-9(18-10)11(14)15/h3-4,7-8,12-13H,5-6H2,1-2H3,(H,14,15). The van der Waals surface area contributed by atoms with Crippen LogP contribution in [-0.2, 0) is 10.0 Å². The smallest absolute Gasteiger partial charge is 0.345 e. The van der Waals surface area contributed by atoms with Gasteiger partial charge in [0.2, 0.25) is 10.0 Å². The molecule has 1 heterocycles. The van der Waals surface area contributed by atoms with Gasteiger partial charge in [-0.3, -0.25) is 0 Å². The van der Waals surface area contributed by atoms with Gasteiger partial charge in [0.1, 0.15) is 9.09 Å². The van der Waals surface area contributed by atoms with Crippen LogP contribution in [0.2, 0.25) is 0 Å². The van der Waals surface area contributed by atoms with Crippen molar-refractivity contribution in [1.29, 1.82) is 0 Å². The van der Waals surface area contributed by atoms with E-state index in [9.17, 15) is 18.3 Å². The molecule has 0 amide bonds. The number of nitrogens with one attached hydrogen (secondary N) is 1. The first kappa shape index (κ1) is 16.1. The summed E-state index contributed by atoms with van der Waals surface area (Å²) < 4.78 is 25.9. The van der Waals surface area contributed by atoms with Crippen LogP contribution in [0.25, 0.3) is 0 Å². The molecule has 0 aliphatic heterocycles. The van der Waals surface area contributed by atoms with Gasteiger partial charge in [0.15, 0.2) is 0 Å². The Hall–Kier alpha value is -0.960. The van der Waals surface area contributed by atoms with Gasteiger partial charge in [0, 0.05) is 6.54 Å². The lowest BCUT2D eigenvalue weighted by atomic mass is 10.1. The first-order valence-electron chi connectivity index (χ1n) is 5.73. The van der Waals surface area contributed by atoms with Gasteiger partial charge in [-0.05, 0) is 24.5 Å². The molecule has 3 N–H and O–H groups in total. The van der Waals surface area contributed by atoms with Crippen LogP contribution in [0.15, 0.2) is 16.3 Å². The fourth-order valence-electron chi connectivity index (χ4n) is 1.48. The molecule has 1 unspecified atom stereocenters. The summed E-state index contributed by atoms with van der Waals surface area (Å²) in [5.41, 5.74) is 0. The maximum Gasteiger partial charge on any atom is 0.345 e. The number of carboxylic acid groups (broad SMARTS) is 1. The van der Waals surface area contributed by atoms with Gasteiger partial charge >= 0.3 is 5.97 Å². The number of aliphatic hydroxyl groups excluding tert-OH is 1. The number of rotatable bonds is 7. The van der Waals surface area contributed by atoms with Crippen molar-refractivity contribution in [2.24, 2.45) is 5.92 Å². The van der Waals surface area contributed by atoms with E-state index in [1.807, 2.05) is 13.8 Å². The van der Waals surface area contributed by atoms with E-state index in [1.54, 1.807) is 0 Å². The summed E-state index contributed by atoms with van der Waals surface area (Å²) in [6, 6.07) is 2.48. The Morgan fingerprint density at radius 1 is 1.42 bits per heavy atom. The van der Waals surface area contributed by atoms with Gasteiger partial charge in [0.25, 0.3) is 0 Å². The molecule has 1 atom stereocenters. The van der Waals surface area contributed by atoms with E-state index in [4.69, 9.17) is 5.11 Å². The van der Waals surface area contributed by atoms with Crippen LogP contribution >= 0.6 is 11.3 Å². The van der Waals surface area contributed by atoms with Gasteiger partial charge in [0.05, 0.1) is 6.10 Å². The third kappa shape index (κ3) is 4.90. The zero-order valence-corrected chi connectivity index (χ0v) is 12.3. The summed E-state index contributed by atoms with van der Waals surface area (Å²) in [7, 11) is -3.76. The maximum atomic E-state index is 11.9. The van der Waals surface area contributed by atoms with Crippen LogP contribution < -0.4 is 4.72 Å². The maximum absolute atomic E-state index is 11.9. The fourth-order valence-corrected chi connectivity index (χ4v) is 3.75. The van der Waals surface area contributed by atoms with Gasteiger partial charge in [-0.15, -0.1) is 11.3 Å². The Morgan fingerprint density at radius 2 is 2.05 bits per heavy atom. The topological polar surface area (TPSA) is 104 Å². The van der Waals surface area contributed by atoms with E-state index in [0.717, 1.165) is 0 Å². The Morgan fingerprint density at radius 3 is 2.53 bits per heavy atom. The monoisotopic (exact) mass is 307 g/mol. The van der Waals surface area contributed by atoms with Crippen LogP contribution in [0.5, 0.6) is 0 Å². The molecule has 0 aromatic carbocycles. The molecule has 0 spiro atoms. The Bertz CT molecular complexity index is 535. The van der Waals surface area contributed by atoms with Crippen molar-refractivity contribution in [1.82, 2.24) is 4.72 Å². The number of aliphatic hydroxyl groups is 1. The molecule has 0 saturated heterocycles. The number of hydrogen-bond donors (Lipinski definition) is 3. The molecule has 8 heteroatoms. The van der Waals surface area contributed by atoms with E-state index in [1.165, 1.54) is 12.1 Å². The third-order valence-corrected chi connectivity index (χ3v) is 5.30. The zero-order chi connectivity index (χ0) is 14.6. The number of hydrogen-bond acceptors (Lipinski definition) is 5. The number of carbonyl (C=O) groups is 1. The molecule has 6 nitrogen and oxygen atoms in total. The van der Waals surface area contributed by atoms with Crippen molar-refractivity contribution >= 4 is 27.3 Å². The highest BCUT2D eigenvalue weighted by atomic mass is 32.2. The number of carboxylic acids is 1. The van der Waals surface area contributed by atoms with E-state index in [2.05, 4.69) is 4.72 Å². The normalized spacial score (nSPS) is 13.7. The van der Waals surface area contributed by atoms with Crippen molar-refractivity contribution in [2.75, 3.05) is 6.54 Å². The molecule has 1 rings (SSSR count). The van der Waals surface area contributed by atoms with E-state index >= 15 is 0 Å². The second-order valence-electron chi connectivity index (χ2n) is 4.56. The van der Waals surface area contributed by atoms with Crippen molar-refractivity contribution in [3.63, 3.8) is 0 Å². The van der Waals surface area contributed by atoms with E-state index < -0.39 is 22.1 Å². The molecular weight excluding hydrogens is 290 g/mol. The summed E-state index contributed by atoms with van der Waals surface area (Å²) in [6.07, 6.45) is -0.262. The van der Waals surface area contributed by atoms with Gasteiger partial charge in [-0.1, -0.05) is 13.8 Å². The summed E-state index contributed by atoms with van der Waals surface area (Å²) in [4.78, 5) is 10.6. The summed E-state index contributed by atoms with van der Waals surface area (Å²) in [6.45, 7) is 3.77. The van der Waals surface area contributed by atoms with Crippen molar-refractivity contribution in [3.05, 3.63) is 17.0 Å². The lowest BCUT2D eigenvalue weighted by molar-refractivity contribution is 0.0702. The lowest BCUT2D eigenvalue weighted by Crippen LogP contribution is -2.32. The number of thiophene rings is 1. The summed E-state index contributed by atoms with van der Waals surface area (Å²) >= 11 is 0.682. The minimum Gasteiger partial charge on any atom is -0.477 e. The highest BCUT2D eigenvalue weighted by Crippen LogP contribution is 2.21. The zero-order valence-electron chi connectivity index (χ0n) is 10.7. The first-order chi connectivity index (χ1) is 8.72. The second kappa shape index (κ2) is 6.47. The Labute approximate surface area is 116 Å². The molecular formula is C11H17NO5S2. The van der Waals surface area contributed by atoms with Crippen LogP contribution in [0.3, 0.4) is 0 Å². The van der Waals surface area contributed by atoms with Crippen molar-refractivity contribution in [2.45, 2.75) is 30.6 Å². The average Bonchev–Trinajstić information content (AvgIpc) is 2.75. The van der Waals surface area contributed by atoms with Crippen molar-refractivity contribution in [3.8, 4) is 0 Å². The second-order valence-corrected chi connectivity index (χ2v) is 7.64. The molecule has 0 aliphatic rings. The fraction of sp³-hybridized carbons (Fsp3) is 0.545. The number of sulfonamides is 1. The van der Waals surface area contributed by atoms with E-state index in [0.29, 0.717) is 17.8 Å².